The summed E-state index contributed by atoms with van der Waals surface area (Å²) in [4.78, 5) is 7.61. The molecule has 0 bridgehead atoms. The first-order valence-electron chi connectivity index (χ1n) is 17.0. The zero-order valence-electron chi connectivity index (χ0n) is 27.1. The van der Waals surface area contributed by atoms with Crippen LogP contribution in [-0.4, -0.2) is 4.98 Å². The highest BCUT2D eigenvalue weighted by atomic mass is 16.3. The van der Waals surface area contributed by atoms with E-state index in [1.165, 1.54) is 16.5 Å². The third-order valence-corrected chi connectivity index (χ3v) is 9.81. The van der Waals surface area contributed by atoms with Crippen molar-refractivity contribution in [3.63, 3.8) is 0 Å². The van der Waals surface area contributed by atoms with Crippen LogP contribution in [-0.2, 0) is 0 Å². The van der Waals surface area contributed by atoms with E-state index in [0.29, 0.717) is 5.89 Å². The Morgan fingerprint density at radius 2 is 1.04 bits per heavy atom. The van der Waals surface area contributed by atoms with Gasteiger partial charge in [0, 0.05) is 33.4 Å². The summed E-state index contributed by atoms with van der Waals surface area (Å²) in [6, 6.07) is 64.5. The van der Waals surface area contributed by atoms with Gasteiger partial charge >= 0.3 is 0 Å². The van der Waals surface area contributed by atoms with Crippen LogP contribution in [0.4, 0.5) is 17.1 Å². The number of hydrogen-bond acceptors (Lipinski definition) is 3. The second-order valence-electron chi connectivity index (χ2n) is 12.8. The summed E-state index contributed by atoms with van der Waals surface area (Å²) in [6.07, 6.45) is 0. The molecule has 0 spiro atoms. The molecule has 0 aliphatic heterocycles. The summed E-state index contributed by atoms with van der Waals surface area (Å²) in [5.74, 6) is 0.625. The molecule has 0 N–H and O–H groups in total. The first-order valence-corrected chi connectivity index (χ1v) is 17.0. The molecule has 1 aromatic heterocycles. The minimum absolute atomic E-state index is 0.625. The highest BCUT2D eigenvalue weighted by molar-refractivity contribution is 6.29. The van der Waals surface area contributed by atoms with E-state index in [-0.39, 0.29) is 0 Å². The van der Waals surface area contributed by atoms with Crippen molar-refractivity contribution in [3.05, 3.63) is 182 Å². The molecule has 1 heterocycles. The smallest absolute Gasteiger partial charge is 0.227 e. The molecule has 0 radical (unpaired) electrons. The van der Waals surface area contributed by atoms with E-state index >= 15 is 0 Å². The second-order valence-corrected chi connectivity index (χ2v) is 12.8. The molecule has 0 fully saturated rings. The van der Waals surface area contributed by atoms with Gasteiger partial charge in [-0.25, -0.2) is 4.98 Å². The van der Waals surface area contributed by atoms with E-state index in [4.69, 9.17) is 9.40 Å². The molecule has 3 heteroatoms. The van der Waals surface area contributed by atoms with Crippen LogP contribution >= 0.6 is 0 Å². The molecule has 234 valence electrons. The summed E-state index contributed by atoms with van der Waals surface area (Å²) >= 11 is 0. The molecular weight excluding hydrogens is 609 g/mol. The van der Waals surface area contributed by atoms with E-state index in [1.807, 2.05) is 0 Å². The molecular formula is C47H30N2O. The highest BCUT2D eigenvalue weighted by Crippen LogP contribution is 2.43. The molecule has 0 saturated heterocycles. The van der Waals surface area contributed by atoms with Gasteiger partial charge in [-0.3, -0.25) is 0 Å². The van der Waals surface area contributed by atoms with E-state index < -0.39 is 0 Å². The minimum atomic E-state index is 0.625. The van der Waals surface area contributed by atoms with Crippen molar-refractivity contribution >= 4 is 71.3 Å². The normalized spacial score (nSPS) is 11.6. The predicted molar refractivity (Wildman–Crippen MR) is 210 cm³/mol. The Labute approximate surface area is 289 Å². The lowest BCUT2D eigenvalue weighted by Gasteiger charge is -2.26. The summed E-state index contributed by atoms with van der Waals surface area (Å²) in [5.41, 5.74) is 8.27. The van der Waals surface area contributed by atoms with Gasteiger partial charge in [0.2, 0.25) is 5.89 Å². The molecule has 3 nitrogen and oxygen atoms in total. The monoisotopic (exact) mass is 638 g/mol. The predicted octanol–water partition coefficient (Wildman–Crippen LogP) is 13.2. The molecule has 0 aliphatic carbocycles. The SMILES string of the molecule is c1ccc(-c2cccc(N(c3ccccc3)c3ccc4ccc5c6ccccc6c6oc(-c7ccc8ccccc8c7)nc6c5c4c3)c2)cc1. The van der Waals surface area contributed by atoms with Crippen LogP contribution in [0.2, 0.25) is 0 Å². The van der Waals surface area contributed by atoms with Crippen LogP contribution in [0.3, 0.4) is 0 Å². The fraction of sp³-hybridized carbons (Fsp3) is 0. The molecule has 0 amide bonds. The number of anilines is 3. The fourth-order valence-corrected chi connectivity index (χ4v) is 7.44. The van der Waals surface area contributed by atoms with Gasteiger partial charge in [0.1, 0.15) is 5.52 Å². The van der Waals surface area contributed by atoms with Crippen LogP contribution in [0, 0.1) is 0 Å². The van der Waals surface area contributed by atoms with Crippen LogP contribution in [0.5, 0.6) is 0 Å². The van der Waals surface area contributed by atoms with Gasteiger partial charge in [0.25, 0.3) is 0 Å². The average molecular weight is 639 g/mol. The molecule has 0 aliphatic rings. The van der Waals surface area contributed by atoms with Gasteiger partial charge in [-0.15, -0.1) is 0 Å². The lowest BCUT2D eigenvalue weighted by atomic mass is 9.95. The summed E-state index contributed by atoms with van der Waals surface area (Å²) in [5, 5.41) is 9.11. The Hall–Kier alpha value is -6.71. The van der Waals surface area contributed by atoms with Crippen molar-refractivity contribution in [3.8, 4) is 22.6 Å². The zero-order valence-corrected chi connectivity index (χ0v) is 27.1. The molecule has 10 aromatic rings. The van der Waals surface area contributed by atoms with E-state index in [0.717, 1.165) is 71.4 Å². The van der Waals surface area contributed by atoms with Crippen LogP contribution < -0.4 is 4.90 Å². The summed E-state index contributed by atoms with van der Waals surface area (Å²) in [7, 11) is 0. The summed E-state index contributed by atoms with van der Waals surface area (Å²) in [6.45, 7) is 0. The number of aromatic nitrogens is 1. The van der Waals surface area contributed by atoms with Crippen molar-refractivity contribution in [1.29, 1.82) is 0 Å². The first-order chi connectivity index (χ1) is 24.8. The highest BCUT2D eigenvalue weighted by Gasteiger charge is 2.20. The fourth-order valence-electron chi connectivity index (χ4n) is 7.44. The number of hydrogen-bond donors (Lipinski definition) is 0. The maximum Gasteiger partial charge on any atom is 0.227 e. The average Bonchev–Trinajstić information content (AvgIpc) is 3.64. The van der Waals surface area contributed by atoms with E-state index in [9.17, 15) is 0 Å². The zero-order chi connectivity index (χ0) is 33.0. The minimum Gasteiger partial charge on any atom is -0.435 e. The Bertz CT molecular complexity index is 2870. The van der Waals surface area contributed by atoms with Crippen LogP contribution in [0.15, 0.2) is 186 Å². The van der Waals surface area contributed by atoms with Gasteiger partial charge in [0.15, 0.2) is 5.58 Å². The van der Waals surface area contributed by atoms with Gasteiger partial charge in [-0.1, -0.05) is 133 Å². The van der Waals surface area contributed by atoms with Crippen LogP contribution in [0.25, 0.3) is 76.8 Å². The van der Waals surface area contributed by atoms with Gasteiger partial charge in [-0.05, 0) is 92.0 Å². The maximum atomic E-state index is 6.72. The largest absolute Gasteiger partial charge is 0.435 e. The molecule has 0 atom stereocenters. The maximum absolute atomic E-state index is 6.72. The van der Waals surface area contributed by atoms with Crippen molar-refractivity contribution in [2.45, 2.75) is 0 Å². The Balaban J connectivity index is 1.23. The Kier molecular flexibility index (Phi) is 6.49. The van der Waals surface area contributed by atoms with Gasteiger partial charge in [0.05, 0.1) is 0 Å². The Morgan fingerprint density at radius 1 is 0.380 bits per heavy atom. The van der Waals surface area contributed by atoms with E-state index in [2.05, 4.69) is 187 Å². The van der Waals surface area contributed by atoms with Gasteiger partial charge in [-0.2, -0.15) is 0 Å². The number of fused-ring (bicyclic) bond motifs is 9. The molecule has 10 rings (SSSR count). The molecule has 50 heavy (non-hydrogen) atoms. The standard InChI is InChI=1S/C47H30N2O/c1-3-12-31(13-4-1)35-16-11-19-38(29-35)49(37-17-5-2-6-18-37)39-26-24-33-25-27-41-40-20-9-10-21-42(40)46-45(44(41)43(33)30-39)48-47(50-46)36-23-22-32-14-7-8-15-34(32)28-36/h1-30H. The topological polar surface area (TPSA) is 29.3 Å². The lowest BCUT2D eigenvalue weighted by Crippen LogP contribution is -2.09. The third kappa shape index (κ3) is 4.63. The second kappa shape index (κ2) is 11.5. The van der Waals surface area contributed by atoms with Gasteiger partial charge < -0.3 is 9.32 Å². The number of para-hydroxylation sites is 1. The number of oxazole rings is 1. The van der Waals surface area contributed by atoms with E-state index in [1.54, 1.807) is 0 Å². The van der Waals surface area contributed by atoms with Crippen molar-refractivity contribution in [2.75, 3.05) is 4.90 Å². The molecule has 0 saturated carbocycles. The first kappa shape index (κ1) is 28.3. The van der Waals surface area contributed by atoms with Crippen molar-refractivity contribution in [2.24, 2.45) is 0 Å². The Morgan fingerprint density at radius 3 is 1.90 bits per heavy atom. The van der Waals surface area contributed by atoms with Crippen LogP contribution in [0.1, 0.15) is 0 Å². The number of benzene rings is 9. The summed E-state index contributed by atoms with van der Waals surface area (Å²) < 4.78 is 6.72. The molecule has 0 unspecified atom stereocenters. The molecule has 9 aromatic carbocycles. The number of nitrogens with zero attached hydrogens (tertiary/aromatic N) is 2. The lowest BCUT2D eigenvalue weighted by molar-refractivity contribution is 0.623. The van der Waals surface area contributed by atoms with Crippen molar-refractivity contribution < 1.29 is 4.42 Å². The quantitative estimate of drug-likeness (QED) is 0.176. The third-order valence-electron chi connectivity index (χ3n) is 9.81. The van der Waals surface area contributed by atoms with Crippen molar-refractivity contribution in [1.82, 2.24) is 4.98 Å². The number of rotatable bonds is 5.